The van der Waals surface area contributed by atoms with E-state index in [1.165, 1.54) is 0 Å². The number of benzene rings is 2. The average molecular weight is 362 g/mol. The van der Waals surface area contributed by atoms with Crippen molar-refractivity contribution in [2.24, 2.45) is 0 Å². The number of para-hydroxylation sites is 1. The van der Waals surface area contributed by atoms with Gasteiger partial charge in [-0.1, -0.05) is 30.7 Å². The first-order valence-corrected chi connectivity index (χ1v) is 8.35. The van der Waals surface area contributed by atoms with Crippen molar-refractivity contribution in [2.45, 2.75) is 26.4 Å². The minimum absolute atomic E-state index is 0.132. The number of hydrogen-bond acceptors (Lipinski definition) is 4. The lowest BCUT2D eigenvalue weighted by Gasteiger charge is -2.12. The maximum Gasteiger partial charge on any atom is 0.344 e. The molecule has 0 bridgehead atoms. The maximum atomic E-state index is 12.2. The number of hydrogen-bond donors (Lipinski definition) is 1. The lowest BCUT2D eigenvalue weighted by molar-refractivity contribution is -0.150. The molecule has 0 aromatic heterocycles. The standard InChI is InChI=1S/C19H20ClNO4/c1-3-13(2)25-18(22)12-24-15-10-8-14(9-11-15)19(23)21-17-7-5-4-6-16(17)20/h4-11,13H,3,12H2,1-2H3,(H,21,23)/t13-/m0/s1. The SMILES string of the molecule is CC[C@H](C)OC(=O)COc1ccc(C(=O)Nc2ccccc2Cl)cc1. The van der Waals surface area contributed by atoms with E-state index in [1.54, 1.807) is 48.5 Å². The minimum Gasteiger partial charge on any atom is -0.482 e. The Kier molecular flexibility index (Phi) is 6.83. The van der Waals surface area contributed by atoms with Gasteiger partial charge in [0.1, 0.15) is 5.75 Å². The highest BCUT2D eigenvalue weighted by atomic mass is 35.5. The molecule has 0 heterocycles. The van der Waals surface area contributed by atoms with Crippen molar-refractivity contribution in [1.29, 1.82) is 0 Å². The van der Waals surface area contributed by atoms with E-state index >= 15 is 0 Å². The number of nitrogens with one attached hydrogen (secondary N) is 1. The van der Waals surface area contributed by atoms with Gasteiger partial charge in [-0.25, -0.2) is 4.79 Å². The van der Waals surface area contributed by atoms with E-state index in [2.05, 4.69) is 5.32 Å². The first-order chi connectivity index (χ1) is 12.0. The summed E-state index contributed by atoms with van der Waals surface area (Å²) in [6, 6.07) is 13.5. The fourth-order valence-corrected chi connectivity index (χ4v) is 2.13. The fraction of sp³-hybridized carbons (Fsp3) is 0.263. The number of carbonyl (C=O) groups is 2. The molecular weight excluding hydrogens is 342 g/mol. The fourth-order valence-electron chi connectivity index (χ4n) is 1.94. The van der Waals surface area contributed by atoms with Crippen LogP contribution in [0.3, 0.4) is 0 Å². The van der Waals surface area contributed by atoms with Gasteiger partial charge in [0, 0.05) is 5.56 Å². The van der Waals surface area contributed by atoms with E-state index in [-0.39, 0.29) is 18.6 Å². The summed E-state index contributed by atoms with van der Waals surface area (Å²) in [5.41, 5.74) is 0.997. The van der Waals surface area contributed by atoms with E-state index in [1.807, 2.05) is 13.8 Å². The van der Waals surface area contributed by atoms with Crippen LogP contribution in [0.4, 0.5) is 5.69 Å². The number of anilines is 1. The molecule has 25 heavy (non-hydrogen) atoms. The monoisotopic (exact) mass is 361 g/mol. The number of amides is 1. The quantitative estimate of drug-likeness (QED) is 0.746. The molecular formula is C19H20ClNO4. The van der Waals surface area contributed by atoms with Crippen LogP contribution in [0.15, 0.2) is 48.5 Å². The summed E-state index contributed by atoms with van der Waals surface area (Å²) < 4.78 is 10.5. The summed E-state index contributed by atoms with van der Waals surface area (Å²) in [5.74, 6) is -0.221. The molecule has 1 atom stereocenters. The maximum absolute atomic E-state index is 12.2. The largest absolute Gasteiger partial charge is 0.482 e. The summed E-state index contributed by atoms with van der Waals surface area (Å²) in [6.07, 6.45) is 0.619. The number of esters is 1. The van der Waals surface area contributed by atoms with Gasteiger partial charge in [0.25, 0.3) is 5.91 Å². The van der Waals surface area contributed by atoms with Gasteiger partial charge in [-0.3, -0.25) is 4.79 Å². The number of halogens is 1. The van der Waals surface area contributed by atoms with Gasteiger partial charge in [0.2, 0.25) is 0 Å². The molecule has 0 fully saturated rings. The van der Waals surface area contributed by atoms with Gasteiger partial charge in [-0.2, -0.15) is 0 Å². The molecule has 5 nitrogen and oxygen atoms in total. The smallest absolute Gasteiger partial charge is 0.344 e. The van der Waals surface area contributed by atoms with E-state index in [4.69, 9.17) is 21.1 Å². The van der Waals surface area contributed by atoms with Crippen molar-refractivity contribution in [3.05, 3.63) is 59.1 Å². The average Bonchev–Trinajstić information content (AvgIpc) is 2.62. The number of rotatable bonds is 7. The summed E-state index contributed by atoms with van der Waals surface area (Å²) in [6.45, 7) is 3.59. The molecule has 2 rings (SSSR count). The normalized spacial score (nSPS) is 11.5. The topological polar surface area (TPSA) is 64.6 Å². The van der Waals surface area contributed by atoms with Crippen LogP contribution in [0.2, 0.25) is 5.02 Å². The van der Waals surface area contributed by atoms with E-state index < -0.39 is 5.97 Å². The molecule has 2 aromatic carbocycles. The molecule has 6 heteroatoms. The number of carbonyl (C=O) groups excluding carboxylic acids is 2. The van der Waals surface area contributed by atoms with Gasteiger partial charge in [0.15, 0.2) is 6.61 Å². The summed E-state index contributed by atoms with van der Waals surface area (Å²) in [4.78, 5) is 23.8. The third-order valence-electron chi connectivity index (χ3n) is 3.50. The van der Waals surface area contributed by atoms with Crippen molar-refractivity contribution >= 4 is 29.2 Å². The van der Waals surface area contributed by atoms with Gasteiger partial charge < -0.3 is 14.8 Å². The Bertz CT molecular complexity index is 730. The van der Waals surface area contributed by atoms with Crippen LogP contribution in [-0.4, -0.2) is 24.6 Å². The van der Waals surface area contributed by atoms with Crippen LogP contribution >= 0.6 is 11.6 Å². The van der Waals surface area contributed by atoms with Gasteiger partial charge >= 0.3 is 5.97 Å². The van der Waals surface area contributed by atoms with Crippen LogP contribution in [0.1, 0.15) is 30.6 Å². The van der Waals surface area contributed by atoms with Crippen LogP contribution in [0.25, 0.3) is 0 Å². The summed E-state index contributed by atoms with van der Waals surface area (Å²) in [7, 11) is 0. The van der Waals surface area contributed by atoms with Crippen molar-refractivity contribution in [3.63, 3.8) is 0 Å². The van der Waals surface area contributed by atoms with Gasteiger partial charge in [0.05, 0.1) is 16.8 Å². The third-order valence-corrected chi connectivity index (χ3v) is 3.83. The van der Waals surface area contributed by atoms with Crippen LogP contribution in [0.5, 0.6) is 5.75 Å². The Morgan fingerprint density at radius 3 is 2.44 bits per heavy atom. The molecule has 0 aliphatic rings. The van der Waals surface area contributed by atoms with Gasteiger partial charge in [-0.05, 0) is 49.7 Å². The summed E-state index contributed by atoms with van der Waals surface area (Å²) in [5, 5.41) is 3.21. The Balaban J connectivity index is 1.90. The summed E-state index contributed by atoms with van der Waals surface area (Å²) >= 11 is 6.02. The van der Waals surface area contributed by atoms with E-state index in [0.29, 0.717) is 22.0 Å². The first kappa shape index (κ1) is 18.8. The Hall–Kier alpha value is -2.53. The Labute approximate surface area is 151 Å². The van der Waals surface area contributed by atoms with Crippen molar-refractivity contribution in [3.8, 4) is 5.75 Å². The number of ether oxygens (including phenoxy) is 2. The Morgan fingerprint density at radius 2 is 1.80 bits per heavy atom. The molecule has 0 saturated carbocycles. The first-order valence-electron chi connectivity index (χ1n) is 7.97. The zero-order valence-corrected chi connectivity index (χ0v) is 14.9. The third kappa shape index (κ3) is 5.80. The Morgan fingerprint density at radius 1 is 1.12 bits per heavy atom. The van der Waals surface area contributed by atoms with E-state index in [0.717, 1.165) is 6.42 Å². The van der Waals surface area contributed by atoms with E-state index in [9.17, 15) is 9.59 Å². The highest BCUT2D eigenvalue weighted by Crippen LogP contribution is 2.21. The van der Waals surface area contributed by atoms with Crippen LogP contribution in [0, 0.1) is 0 Å². The lowest BCUT2D eigenvalue weighted by atomic mass is 10.2. The molecule has 0 unspecified atom stereocenters. The van der Waals surface area contributed by atoms with Gasteiger partial charge in [-0.15, -0.1) is 0 Å². The lowest BCUT2D eigenvalue weighted by Crippen LogP contribution is -2.20. The van der Waals surface area contributed by atoms with Crippen LogP contribution < -0.4 is 10.1 Å². The molecule has 0 aliphatic carbocycles. The highest BCUT2D eigenvalue weighted by molar-refractivity contribution is 6.33. The minimum atomic E-state index is -0.421. The molecule has 1 amide bonds. The van der Waals surface area contributed by atoms with Crippen molar-refractivity contribution in [2.75, 3.05) is 11.9 Å². The zero-order chi connectivity index (χ0) is 18.2. The molecule has 0 saturated heterocycles. The second-order valence-corrected chi connectivity index (χ2v) is 5.86. The molecule has 0 spiro atoms. The van der Waals surface area contributed by atoms with Crippen molar-refractivity contribution in [1.82, 2.24) is 0 Å². The second kappa shape index (κ2) is 9.08. The highest BCUT2D eigenvalue weighted by Gasteiger charge is 2.10. The molecule has 1 N–H and O–H groups in total. The predicted octanol–water partition coefficient (Wildman–Crippen LogP) is 4.31. The molecule has 0 radical (unpaired) electrons. The molecule has 0 aliphatic heterocycles. The molecule has 132 valence electrons. The molecule has 2 aromatic rings. The van der Waals surface area contributed by atoms with Crippen LogP contribution in [-0.2, 0) is 9.53 Å². The zero-order valence-electron chi connectivity index (χ0n) is 14.1. The predicted molar refractivity (Wildman–Crippen MR) is 97.2 cm³/mol. The van der Waals surface area contributed by atoms with Crippen molar-refractivity contribution < 1.29 is 19.1 Å². The second-order valence-electron chi connectivity index (χ2n) is 5.46.